The molecule has 0 aliphatic carbocycles. The van der Waals surface area contributed by atoms with Gasteiger partial charge in [0.1, 0.15) is 0 Å². The quantitative estimate of drug-likeness (QED) is 0.711. The Bertz CT molecular complexity index is 220. The van der Waals surface area contributed by atoms with E-state index in [9.17, 15) is 5.11 Å². The van der Waals surface area contributed by atoms with Gasteiger partial charge < -0.3 is 5.11 Å². The maximum absolute atomic E-state index is 9.48. The molecule has 0 aliphatic heterocycles. The van der Waals surface area contributed by atoms with Crippen LogP contribution in [0.25, 0.3) is 0 Å². The second-order valence-electron chi connectivity index (χ2n) is 2.75. The van der Waals surface area contributed by atoms with Crippen LogP contribution in [0, 0.1) is 0 Å². The first kappa shape index (κ1) is 8.27. The molecule has 1 heterocycles. The summed E-state index contributed by atoms with van der Waals surface area (Å²) in [5.74, 6) is 0. The van der Waals surface area contributed by atoms with Gasteiger partial charge in [-0.1, -0.05) is 13.3 Å². The number of nitrogens with zero attached hydrogens (tertiary/aromatic N) is 2. The monoisotopic (exact) mass is 154 g/mol. The maximum atomic E-state index is 9.48. The summed E-state index contributed by atoms with van der Waals surface area (Å²) in [7, 11) is 1.85. The van der Waals surface area contributed by atoms with Crippen LogP contribution in [0.1, 0.15) is 31.4 Å². The van der Waals surface area contributed by atoms with Crippen LogP contribution in [0.15, 0.2) is 12.4 Å². The number of aliphatic hydroxyl groups is 1. The van der Waals surface area contributed by atoms with Gasteiger partial charge in [-0.05, 0) is 6.42 Å². The summed E-state index contributed by atoms with van der Waals surface area (Å²) >= 11 is 0. The molecule has 0 aliphatic rings. The van der Waals surface area contributed by atoms with Crippen LogP contribution in [-0.4, -0.2) is 14.9 Å². The van der Waals surface area contributed by atoms with Crippen molar-refractivity contribution < 1.29 is 5.11 Å². The van der Waals surface area contributed by atoms with E-state index in [1.807, 2.05) is 13.2 Å². The van der Waals surface area contributed by atoms with Crippen LogP contribution < -0.4 is 0 Å². The number of hydrogen-bond donors (Lipinski definition) is 1. The Labute approximate surface area is 66.7 Å². The van der Waals surface area contributed by atoms with Crippen molar-refractivity contribution in [3.63, 3.8) is 0 Å². The number of rotatable bonds is 3. The lowest BCUT2D eigenvalue weighted by molar-refractivity contribution is 0.166. The van der Waals surface area contributed by atoms with Gasteiger partial charge in [-0.2, -0.15) is 5.10 Å². The maximum Gasteiger partial charge on any atom is 0.0820 e. The first-order chi connectivity index (χ1) is 5.24. The molecular formula is C8H14N2O. The zero-order valence-corrected chi connectivity index (χ0v) is 6.99. The van der Waals surface area contributed by atoms with Crippen LogP contribution in [0.4, 0.5) is 0 Å². The highest BCUT2D eigenvalue weighted by atomic mass is 16.3. The third-order valence-corrected chi connectivity index (χ3v) is 1.67. The van der Waals surface area contributed by atoms with Gasteiger partial charge in [0.25, 0.3) is 0 Å². The summed E-state index contributed by atoms with van der Waals surface area (Å²) in [5, 5.41) is 13.5. The van der Waals surface area contributed by atoms with E-state index in [1.165, 1.54) is 0 Å². The number of aliphatic hydroxyl groups excluding tert-OH is 1. The number of aromatic nitrogens is 2. The van der Waals surface area contributed by atoms with Crippen molar-refractivity contribution >= 4 is 0 Å². The largest absolute Gasteiger partial charge is 0.388 e. The molecule has 1 atom stereocenters. The molecule has 0 radical (unpaired) electrons. The molecule has 1 aromatic heterocycles. The molecule has 0 saturated heterocycles. The van der Waals surface area contributed by atoms with Gasteiger partial charge in [-0.15, -0.1) is 0 Å². The van der Waals surface area contributed by atoms with Crippen LogP contribution >= 0.6 is 0 Å². The van der Waals surface area contributed by atoms with Gasteiger partial charge in [0.15, 0.2) is 0 Å². The second-order valence-corrected chi connectivity index (χ2v) is 2.75. The lowest BCUT2D eigenvalue weighted by Gasteiger charge is -2.04. The summed E-state index contributed by atoms with van der Waals surface area (Å²) in [5.41, 5.74) is 0.911. The summed E-state index contributed by atoms with van der Waals surface area (Å²) < 4.78 is 1.70. The minimum absolute atomic E-state index is 0.339. The van der Waals surface area contributed by atoms with E-state index in [0.717, 1.165) is 18.4 Å². The minimum Gasteiger partial charge on any atom is -0.388 e. The standard InChI is InChI=1S/C8H14N2O/c1-3-4-8(11)7-5-9-10(2)6-7/h5-6,8,11H,3-4H2,1-2H3/t8-/m1/s1. The Morgan fingerprint density at radius 2 is 2.45 bits per heavy atom. The van der Waals surface area contributed by atoms with Crippen LogP contribution in [0.3, 0.4) is 0 Å². The zero-order valence-electron chi connectivity index (χ0n) is 6.99. The van der Waals surface area contributed by atoms with E-state index in [0.29, 0.717) is 0 Å². The third kappa shape index (κ3) is 2.05. The van der Waals surface area contributed by atoms with E-state index in [2.05, 4.69) is 12.0 Å². The van der Waals surface area contributed by atoms with E-state index in [-0.39, 0.29) is 6.10 Å². The fraction of sp³-hybridized carbons (Fsp3) is 0.625. The molecule has 3 heteroatoms. The molecule has 11 heavy (non-hydrogen) atoms. The van der Waals surface area contributed by atoms with E-state index < -0.39 is 0 Å². The average molecular weight is 154 g/mol. The van der Waals surface area contributed by atoms with Gasteiger partial charge in [-0.3, -0.25) is 4.68 Å². The summed E-state index contributed by atoms with van der Waals surface area (Å²) in [6, 6.07) is 0. The van der Waals surface area contributed by atoms with Crippen LogP contribution in [0.5, 0.6) is 0 Å². The number of hydrogen-bond acceptors (Lipinski definition) is 2. The second kappa shape index (κ2) is 3.53. The molecule has 62 valence electrons. The van der Waals surface area contributed by atoms with Gasteiger partial charge >= 0.3 is 0 Å². The molecule has 0 fully saturated rings. The molecule has 1 aromatic rings. The molecule has 0 saturated carbocycles. The first-order valence-electron chi connectivity index (χ1n) is 3.90. The predicted molar refractivity (Wildman–Crippen MR) is 43.1 cm³/mol. The normalized spacial score (nSPS) is 13.4. The Morgan fingerprint density at radius 3 is 2.91 bits per heavy atom. The highest BCUT2D eigenvalue weighted by molar-refractivity contribution is 5.07. The molecule has 0 aromatic carbocycles. The van der Waals surface area contributed by atoms with Gasteiger partial charge in [-0.25, -0.2) is 0 Å². The SMILES string of the molecule is CCC[C@@H](O)c1cnn(C)c1. The molecule has 0 unspecified atom stereocenters. The van der Waals surface area contributed by atoms with Gasteiger partial charge in [0.2, 0.25) is 0 Å². The van der Waals surface area contributed by atoms with E-state index >= 15 is 0 Å². The molecule has 0 spiro atoms. The summed E-state index contributed by atoms with van der Waals surface area (Å²) in [4.78, 5) is 0. The molecule has 1 N–H and O–H groups in total. The Kier molecular flexibility index (Phi) is 2.65. The molecular weight excluding hydrogens is 140 g/mol. The fourth-order valence-corrected chi connectivity index (χ4v) is 1.05. The average Bonchev–Trinajstić information content (AvgIpc) is 2.36. The van der Waals surface area contributed by atoms with E-state index in [4.69, 9.17) is 0 Å². The highest BCUT2D eigenvalue weighted by Crippen LogP contribution is 2.16. The van der Waals surface area contributed by atoms with Crippen LogP contribution in [-0.2, 0) is 7.05 Å². The van der Waals surface area contributed by atoms with Crippen molar-refractivity contribution in [1.82, 2.24) is 9.78 Å². The van der Waals surface area contributed by atoms with Crippen molar-refractivity contribution in [2.75, 3.05) is 0 Å². The lowest BCUT2D eigenvalue weighted by atomic mass is 10.1. The van der Waals surface area contributed by atoms with Crippen molar-refractivity contribution in [3.05, 3.63) is 18.0 Å². The first-order valence-corrected chi connectivity index (χ1v) is 3.90. The molecule has 0 bridgehead atoms. The third-order valence-electron chi connectivity index (χ3n) is 1.67. The summed E-state index contributed by atoms with van der Waals surface area (Å²) in [6.45, 7) is 2.06. The predicted octanol–water partition coefficient (Wildman–Crippen LogP) is 1.25. The van der Waals surface area contributed by atoms with Crippen molar-refractivity contribution in [2.45, 2.75) is 25.9 Å². The Balaban J connectivity index is 2.60. The highest BCUT2D eigenvalue weighted by Gasteiger charge is 2.06. The Morgan fingerprint density at radius 1 is 1.73 bits per heavy atom. The molecule has 0 amide bonds. The minimum atomic E-state index is -0.339. The Hall–Kier alpha value is -0.830. The molecule has 1 rings (SSSR count). The van der Waals surface area contributed by atoms with Crippen molar-refractivity contribution in [1.29, 1.82) is 0 Å². The zero-order chi connectivity index (χ0) is 8.27. The lowest BCUT2D eigenvalue weighted by Crippen LogP contribution is -1.94. The van der Waals surface area contributed by atoms with Crippen LogP contribution in [0.2, 0.25) is 0 Å². The van der Waals surface area contributed by atoms with Crippen molar-refractivity contribution in [2.24, 2.45) is 7.05 Å². The fourth-order valence-electron chi connectivity index (χ4n) is 1.05. The topological polar surface area (TPSA) is 38.1 Å². The summed E-state index contributed by atoms with van der Waals surface area (Å²) in [6.07, 6.45) is 5.02. The van der Waals surface area contributed by atoms with E-state index in [1.54, 1.807) is 10.9 Å². The molecule has 3 nitrogen and oxygen atoms in total. The number of aryl methyl sites for hydroxylation is 1. The van der Waals surface area contributed by atoms with Crippen molar-refractivity contribution in [3.8, 4) is 0 Å². The smallest absolute Gasteiger partial charge is 0.0820 e. The van der Waals surface area contributed by atoms with Gasteiger partial charge in [0.05, 0.1) is 12.3 Å². The van der Waals surface area contributed by atoms with Gasteiger partial charge in [0, 0.05) is 18.8 Å².